The van der Waals surface area contributed by atoms with Crippen LogP contribution in [0.1, 0.15) is 25.7 Å². The highest BCUT2D eigenvalue weighted by atomic mass is 32.2. The fourth-order valence-electron chi connectivity index (χ4n) is 1.25. The lowest BCUT2D eigenvalue weighted by Gasteiger charge is -2.14. The van der Waals surface area contributed by atoms with E-state index in [0.29, 0.717) is 13.0 Å². The summed E-state index contributed by atoms with van der Waals surface area (Å²) in [6, 6.07) is 0. The fraction of sp³-hybridized carbons (Fsp3) is 0.700. The Bertz CT molecular complexity index is 324. The van der Waals surface area contributed by atoms with Gasteiger partial charge in [0.15, 0.2) is 0 Å². The van der Waals surface area contributed by atoms with Gasteiger partial charge in [-0.1, -0.05) is 19.4 Å². The molecule has 1 N–H and O–H groups in total. The summed E-state index contributed by atoms with van der Waals surface area (Å²) in [5, 5.41) is 0. The van der Waals surface area contributed by atoms with Crippen molar-refractivity contribution in [3.63, 3.8) is 0 Å². The largest absolute Gasteiger partial charge is 0.342 e. The SMILES string of the molecule is C=CC(=O)N(C)CCCCCCS(=O)(=O)O. The predicted octanol–water partition coefficient (Wildman–Crippen LogP) is 1.08. The zero-order chi connectivity index (χ0) is 12.6. The molecule has 0 atom stereocenters. The third kappa shape index (κ3) is 8.43. The summed E-state index contributed by atoms with van der Waals surface area (Å²) in [4.78, 5) is 12.6. The molecule has 0 rings (SSSR count). The predicted molar refractivity (Wildman–Crippen MR) is 62.7 cm³/mol. The molecule has 0 aliphatic heterocycles. The quantitative estimate of drug-likeness (QED) is 0.397. The second-order valence-electron chi connectivity index (χ2n) is 3.66. The van der Waals surface area contributed by atoms with E-state index in [4.69, 9.17) is 4.55 Å². The normalized spacial score (nSPS) is 11.1. The van der Waals surface area contributed by atoms with Crippen LogP contribution in [0.5, 0.6) is 0 Å². The van der Waals surface area contributed by atoms with Crippen molar-refractivity contribution >= 4 is 16.0 Å². The van der Waals surface area contributed by atoms with E-state index in [9.17, 15) is 13.2 Å². The highest BCUT2D eigenvalue weighted by Gasteiger charge is 2.05. The van der Waals surface area contributed by atoms with Crippen LogP contribution in [0.3, 0.4) is 0 Å². The molecular formula is C10H19NO4S. The van der Waals surface area contributed by atoms with Gasteiger partial charge in [0.1, 0.15) is 0 Å². The molecule has 0 aliphatic rings. The highest BCUT2D eigenvalue weighted by Crippen LogP contribution is 2.03. The second kappa shape index (κ2) is 7.40. The van der Waals surface area contributed by atoms with E-state index in [1.165, 1.54) is 6.08 Å². The van der Waals surface area contributed by atoms with Crippen LogP contribution < -0.4 is 0 Å². The van der Waals surface area contributed by atoms with Gasteiger partial charge in [-0.25, -0.2) is 0 Å². The Balaban J connectivity index is 3.47. The van der Waals surface area contributed by atoms with E-state index in [1.807, 2.05) is 0 Å². The first-order valence-corrected chi connectivity index (χ1v) is 6.80. The molecule has 0 aliphatic carbocycles. The monoisotopic (exact) mass is 249 g/mol. The van der Waals surface area contributed by atoms with Crippen LogP contribution in [-0.4, -0.2) is 43.1 Å². The first kappa shape index (κ1) is 15.1. The van der Waals surface area contributed by atoms with E-state index in [2.05, 4.69) is 6.58 Å². The van der Waals surface area contributed by atoms with Crippen molar-refractivity contribution in [1.82, 2.24) is 4.90 Å². The molecule has 5 nitrogen and oxygen atoms in total. The summed E-state index contributed by atoms with van der Waals surface area (Å²) >= 11 is 0. The minimum Gasteiger partial charge on any atom is -0.342 e. The van der Waals surface area contributed by atoms with E-state index in [-0.39, 0.29) is 11.7 Å². The molecule has 1 amide bonds. The average Bonchev–Trinajstić information content (AvgIpc) is 2.20. The summed E-state index contributed by atoms with van der Waals surface area (Å²) in [6.07, 6.45) is 4.11. The van der Waals surface area contributed by atoms with Crippen molar-refractivity contribution in [2.75, 3.05) is 19.3 Å². The number of hydrogen-bond donors (Lipinski definition) is 1. The molecule has 0 aromatic heterocycles. The van der Waals surface area contributed by atoms with Gasteiger partial charge in [0, 0.05) is 13.6 Å². The number of unbranched alkanes of at least 4 members (excludes halogenated alkanes) is 3. The van der Waals surface area contributed by atoms with E-state index in [0.717, 1.165) is 19.3 Å². The van der Waals surface area contributed by atoms with Crippen LogP contribution in [-0.2, 0) is 14.9 Å². The third-order valence-corrected chi connectivity index (χ3v) is 3.00. The summed E-state index contributed by atoms with van der Waals surface area (Å²) in [5.41, 5.74) is 0. The third-order valence-electron chi connectivity index (χ3n) is 2.20. The Morgan fingerprint density at radius 3 is 2.38 bits per heavy atom. The molecule has 0 aromatic carbocycles. The van der Waals surface area contributed by atoms with Gasteiger partial charge in [0.05, 0.1) is 5.75 Å². The fourth-order valence-corrected chi connectivity index (χ4v) is 1.82. The molecule has 0 unspecified atom stereocenters. The van der Waals surface area contributed by atoms with Crippen LogP contribution in [0.2, 0.25) is 0 Å². The Morgan fingerprint density at radius 2 is 1.88 bits per heavy atom. The van der Waals surface area contributed by atoms with Crippen LogP contribution >= 0.6 is 0 Å². The van der Waals surface area contributed by atoms with Crippen LogP contribution in [0, 0.1) is 0 Å². The Morgan fingerprint density at radius 1 is 1.31 bits per heavy atom. The lowest BCUT2D eigenvalue weighted by Crippen LogP contribution is -2.25. The highest BCUT2D eigenvalue weighted by molar-refractivity contribution is 7.85. The Kier molecular flexibility index (Phi) is 7.00. The molecule has 0 heterocycles. The second-order valence-corrected chi connectivity index (χ2v) is 5.24. The zero-order valence-electron chi connectivity index (χ0n) is 9.55. The standard InChI is InChI=1S/C10H19NO4S/c1-3-10(12)11(2)8-6-4-5-7-9-16(13,14)15/h3H,1,4-9H2,2H3,(H,13,14,15). The summed E-state index contributed by atoms with van der Waals surface area (Å²) < 4.78 is 29.3. The summed E-state index contributed by atoms with van der Waals surface area (Å²) in [5.74, 6) is -0.299. The number of nitrogens with zero attached hydrogens (tertiary/aromatic N) is 1. The van der Waals surface area contributed by atoms with E-state index < -0.39 is 10.1 Å². The van der Waals surface area contributed by atoms with E-state index in [1.54, 1.807) is 11.9 Å². The van der Waals surface area contributed by atoms with Gasteiger partial charge in [0.2, 0.25) is 5.91 Å². The van der Waals surface area contributed by atoms with Crippen molar-refractivity contribution in [2.24, 2.45) is 0 Å². The number of carbonyl (C=O) groups excluding carboxylic acids is 1. The van der Waals surface area contributed by atoms with Gasteiger partial charge in [-0.2, -0.15) is 8.42 Å². The molecule has 0 radical (unpaired) electrons. The van der Waals surface area contributed by atoms with Gasteiger partial charge in [-0.05, 0) is 18.9 Å². The number of likely N-dealkylation sites (N-methyl/N-ethyl adjacent to an activating group) is 1. The average molecular weight is 249 g/mol. The molecule has 0 aromatic rings. The molecule has 0 bridgehead atoms. The van der Waals surface area contributed by atoms with Gasteiger partial charge >= 0.3 is 0 Å². The smallest absolute Gasteiger partial charge is 0.264 e. The lowest BCUT2D eigenvalue weighted by atomic mass is 10.2. The van der Waals surface area contributed by atoms with Gasteiger partial charge in [0.25, 0.3) is 10.1 Å². The van der Waals surface area contributed by atoms with E-state index >= 15 is 0 Å². The molecule has 16 heavy (non-hydrogen) atoms. The van der Waals surface area contributed by atoms with Crippen LogP contribution in [0.25, 0.3) is 0 Å². The molecule has 6 heteroatoms. The van der Waals surface area contributed by atoms with Crippen molar-refractivity contribution in [3.05, 3.63) is 12.7 Å². The van der Waals surface area contributed by atoms with Crippen molar-refractivity contribution < 1.29 is 17.8 Å². The van der Waals surface area contributed by atoms with Crippen LogP contribution in [0.15, 0.2) is 12.7 Å². The summed E-state index contributed by atoms with van der Waals surface area (Å²) in [7, 11) is -2.13. The van der Waals surface area contributed by atoms with Crippen molar-refractivity contribution in [2.45, 2.75) is 25.7 Å². The lowest BCUT2D eigenvalue weighted by molar-refractivity contribution is -0.124. The number of carbonyl (C=O) groups is 1. The van der Waals surface area contributed by atoms with Crippen LogP contribution in [0.4, 0.5) is 0 Å². The minimum absolute atomic E-state index is 0.113. The molecule has 94 valence electrons. The number of amides is 1. The van der Waals surface area contributed by atoms with Gasteiger partial charge in [-0.3, -0.25) is 9.35 Å². The maximum Gasteiger partial charge on any atom is 0.264 e. The maximum absolute atomic E-state index is 11.1. The maximum atomic E-state index is 11.1. The zero-order valence-corrected chi connectivity index (χ0v) is 10.4. The molecule has 0 fully saturated rings. The molecule has 0 saturated heterocycles. The number of rotatable bonds is 8. The van der Waals surface area contributed by atoms with Crippen molar-refractivity contribution in [1.29, 1.82) is 0 Å². The molecule has 0 spiro atoms. The van der Waals surface area contributed by atoms with Gasteiger partial charge in [-0.15, -0.1) is 0 Å². The topological polar surface area (TPSA) is 74.7 Å². The molecule has 0 saturated carbocycles. The minimum atomic E-state index is -3.82. The van der Waals surface area contributed by atoms with Crippen molar-refractivity contribution in [3.8, 4) is 0 Å². The molecular weight excluding hydrogens is 230 g/mol. The first-order valence-electron chi connectivity index (χ1n) is 5.19. The number of hydrogen-bond acceptors (Lipinski definition) is 3. The first-order chi connectivity index (χ1) is 7.37. The summed E-state index contributed by atoms with van der Waals surface area (Å²) in [6.45, 7) is 4.02. The Hall–Kier alpha value is -0.880. The van der Waals surface area contributed by atoms with Gasteiger partial charge < -0.3 is 4.90 Å². The Labute approximate surface area is 96.9 Å².